The van der Waals surface area contributed by atoms with Gasteiger partial charge in [0.05, 0.1) is 27.8 Å². The van der Waals surface area contributed by atoms with Crippen LogP contribution in [-0.4, -0.2) is 69.1 Å². The van der Waals surface area contributed by atoms with Gasteiger partial charge in [-0.3, -0.25) is 14.5 Å². The first-order chi connectivity index (χ1) is 15.4. The van der Waals surface area contributed by atoms with E-state index >= 15 is 0 Å². The molecule has 1 atom stereocenters. The van der Waals surface area contributed by atoms with Crippen LogP contribution in [0.4, 0.5) is 0 Å². The van der Waals surface area contributed by atoms with Gasteiger partial charge < -0.3 is 24.8 Å². The van der Waals surface area contributed by atoms with E-state index in [1.54, 1.807) is 48.4 Å². The summed E-state index contributed by atoms with van der Waals surface area (Å²) in [5.74, 6) is 1.01. The summed E-state index contributed by atoms with van der Waals surface area (Å²) in [7, 11) is 4.61. The molecule has 0 bridgehead atoms. The molecule has 8 nitrogen and oxygen atoms in total. The third-order valence-corrected chi connectivity index (χ3v) is 5.87. The Hall–Kier alpha value is -2.97. The highest BCUT2D eigenvalue weighted by Crippen LogP contribution is 2.40. The molecular formula is C23H28ClN3O5. The highest BCUT2D eigenvalue weighted by Gasteiger charge is 2.31. The summed E-state index contributed by atoms with van der Waals surface area (Å²) < 4.78 is 16.2. The third-order valence-electron chi connectivity index (χ3n) is 5.61. The quantitative estimate of drug-likeness (QED) is 0.648. The molecule has 2 aromatic rings. The second-order valence-electron chi connectivity index (χ2n) is 7.44. The van der Waals surface area contributed by atoms with Crippen molar-refractivity contribution in [3.05, 3.63) is 52.5 Å². The molecule has 0 radical (unpaired) electrons. The minimum atomic E-state index is -0.560. The van der Waals surface area contributed by atoms with Gasteiger partial charge >= 0.3 is 0 Å². The van der Waals surface area contributed by atoms with Crippen molar-refractivity contribution in [3.63, 3.8) is 0 Å². The Kier molecular flexibility index (Phi) is 7.82. The van der Waals surface area contributed by atoms with Gasteiger partial charge in [0.15, 0.2) is 11.5 Å². The summed E-state index contributed by atoms with van der Waals surface area (Å²) in [4.78, 5) is 28.9. The van der Waals surface area contributed by atoms with Crippen molar-refractivity contribution in [2.24, 2.45) is 5.73 Å². The lowest BCUT2D eigenvalue weighted by Crippen LogP contribution is -2.52. The number of amides is 2. The van der Waals surface area contributed by atoms with Crippen LogP contribution < -0.4 is 19.9 Å². The number of hydrogen-bond acceptors (Lipinski definition) is 6. The molecule has 172 valence electrons. The number of rotatable bonds is 8. The monoisotopic (exact) mass is 461 g/mol. The average Bonchev–Trinajstić information content (AvgIpc) is 2.80. The number of nitrogens with zero attached hydrogens (tertiary/aromatic N) is 2. The summed E-state index contributed by atoms with van der Waals surface area (Å²) in [6, 6.07) is 10.1. The maximum atomic E-state index is 13.0. The van der Waals surface area contributed by atoms with Gasteiger partial charge in [0.25, 0.3) is 0 Å². The van der Waals surface area contributed by atoms with Crippen molar-refractivity contribution < 1.29 is 23.8 Å². The number of carbonyl (C=O) groups is 2. The summed E-state index contributed by atoms with van der Waals surface area (Å²) in [6.07, 6.45) is 0.167. The normalized spacial score (nSPS) is 15.2. The second-order valence-corrected chi connectivity index (χ2v) is 7.88. The molecular weight excluding hydrogens is 434 g/mol. The van der Waals surface area contributed by atoms with Crippen LogP contribution in [0.25, 0.3) is 0 Å². The van der Waals surface area contributed by atoms with E-state index < -0.39 is 11.9 Å². The van der Waals surface area contributed by atoms with E-state index in [1.807, 2.05) is 4.90 Å². The first-order valence-corrected chi connectivity index (χ1v) is 10.6. The van der Waals surface area contributed by atoms with Crippen LogP contribution in [0.1, 0.15) is 17.2 Å². The highest BCUT2D eigenvalue weighted by molar-refractivity contribution is 6.30. The Balaban J connectivity index is 1.68. The number of halogens is 1. The predicted molar refractivity (Wildman–Crippen MR) is 121 cm³/mol. The van der Waals surface area contributed by atoms with Gasteiger partial charge in [0.2, 0.25) is 17.6 Å². The Morgan fingerprint density at radius 3 is 2.09 bits per heavy atom. The zero-order chi connectivity index (χ0) is 23.3. The van der Waals surface area contributed by atoms with Gasteiger partial charge in [0.1, 0.15) is 6.04 Å². The Morgan fingerprint density at radius 1 is 0.938 bits per heavy atom. The molecule has 3 rings (SSSR count). The number of ether oxygens (including phenoxy) is 3. The van der Waals surface area contributed by atoms with E-state index in [4.69, 9.17) is 31.5 Å². The van der Waals surface area contributed by atoms with Crippen LogP contribution in [-0.2, 0) is 16.0 Å². The molecule has 1 aliphatic heterocycles. The molecule has 0 aromatic heterocycles. The fraction of sp³-hybridized carbons (Fsp3) is 0.391. The summed E-state index contributed by atoms with van der Waals surface area (Å²) in [5, 5.41) is 0.595. The molecule has 1 fully saturated rings. The Morgan fingerprint density at radius 2 is 1.56 bits per heavy atom. The molecule has 2 N–H and O–H groups in total. The van der Waals surface area contributed by atoms with Crippen LogP contribution in [0, 0.1) is 0 Å². The van der Waals surface area contributed by atoms with Gasteiger partial charge in [-0.05, 0) is 23.8 Å². The largest absolute Gasteiger partial charge is 0.493 e. The second kappa shape index (κ2) is 10.6. The lowest BCUT2D eigenvalue weighted by molar-refractivity contribution is -0.133. The van der Waals surface area contributed by atoms with Crippen molar-refractivity contribution >= 4 is 23.4 Å². The standard InChI is InChI=1S/C23H28ClN3O5/c1-30-18-9-6-16(21(31-2)22(18)32-3)14-19(28)26-10-12-27(13-11-26)20(23(25)29)15-4-7-17(24)8-5-15/h4-9,20H,10-14H2,1-3H3,(H2,25,29)/t20-/m0/s1. The first kappa shape index (κ1) is 23.7. The van der Waals surface area contributed by atoms with E-state index in [1.165, 1.54) is 14.2 Å². The summed E-state index contributed by atoms with van der Waals surface area (Å²) in [5.41, 5.74) is 7.19. The first-order valence-electron chi connectivity index (χ1n) is 10.2. The number of piperazine rings is 1. The Labute approximate surface area is 192 Å². The zero-order valence-electron chi connectivity index (χ0n) is 18.5. The Bertz CT molecular complexity index is 959. The minimum Gasteiger partial charge on any atom is -0.493 e. The summed E-state index contributed by atoms with van der Waals surface area (Å²) >= 11 is 5.96. The number of carbonyl (C=O) groups excluding carboxylic acids is 2. The fourth-order valence-corrected chi connectivity index (χ4v) is 4.13. The minimum absolute atomic E-state index is 0.0303. The van der Waals surface area contributed by atoms with Gasteiger partial charge in [-0.1, -0.05) is 29.8 Å². The zero-order valence-corrected chi connectivity index (χ0v) is 19.2. The van der Waals surface area contributed by atoms with Crippen LogP contribution >= 0.6 is 11.6 Å². The van der Waals surface area contributed by atoms with Crippen molar-refractivity contribution in [1.82, 2.24) is 9.80 Å². The highest BCUT2D eigenvalue weighted by atomic mass is 35.5. The molecule has 0 unspecified atom stereocenters. The van der Waals surface area contributed by atoms with Crippen LogP contribution in [0.2, 0.25) is 5.02 Å². The molecule has 0 spiro atoms. The van der Waals surface area contributed by atoms with E-state index in [-0.39, 0.29) is 12.3 Å². The van der Waals surface area contributed by atoms with Gasteiger partial charge in [-0.15, -0.1) is 0 Å². The van der Waals surface area contributed by atoms with Crippen LogP contribution in [0.5, 0.6) is 17.2 Å². The molecule has 0 aliphatic carbocycles. The van der Waals surface area contributed by atoms with Crippen molar-refractivity contribution in [1.29, 1.82) is 0 Å². The smallest absolute Gasteiger partial charge is 0.239 e. The lowest BCUT2D eigenvalue weighted by Gasteiger charge is -2.38. The molecule has 1 saturated heterocycles. The maximum Gasteiger partial charge on any atom is 0.239 e. The van der Waals surface area contributed by atoms with Crippen molar-refractivity contribution in [2.45, 2.75) is 12.5 Å². The van der Waals surface area contributed by atoms with E-state index in [2.05, 4.69) is 0 Å². The van der Waals surface area contributed by atoms with Gasteiger partial charge in [-0.25, -0.2) is 0 Å². The maximum absolute atomic E-state index is 13.0. The molecule has 1 heterocycles. The molecule has 9 heteroatoms. The number of primary amides is 1. The average molecular weight is 462 g/mol. The topological polar surface area (TPSA) is 94.3 Å². The number of benzene rings is 2. The summed E-state index contributed by atoms with van der Waals surface area (Å²) in [6.45, 7) is 2.05. The van der Waals surface area contributed by atoms with E-state index in [0.717, 1.165) is 5.56 Å². The van der Waals surface area contributed by atoms with Crippen molar-refractivity contribution in [2.75, 3.05) is 47.5 Å². The van der Waals surface area contributed by atoms with E-state index in [0.29, 0.717) is 54.0 Å². The van der Waals surface area contributed by atoms with Gasteiger partial charge in [0, 0.05) is 36.8 Å². The van der Waals surface area contributed by atoms with Crippen LogP contribution in [0.15, 0.2) is 36.4 Å². The number of hydrogen-bond donors (Lipinski definition) is 1. The van der Waals surface area contributed by atoms with Gasteiger partial charge in [-0.2, -0.15) is 0 Å². The lowest BCUT2D eigenvalue weighted by atomic mass is 10.0. The molecule has 0 saturated carbocycles. The predicted octanol–water partition coefficient (Wildman–Crippen LogP) is 2.28. The molecule has 2 amide bonds. The SMILES string of the molecule is COc1ccc(CC(=O)N2CCN([C@H](C(N)=O)c3ccc(Cl)cc3)CC2)c(OC)c1OC. The fourth-order valence-electron chi connectivity index (χ4n) is 4.01. The van der Waals surface area contributed by atoms with Crippen molar-refractivity contribution in [3.8, 4) is 17.2 Å². The molecule has 1 aliphatic rings. The molecule has 2 aromatic carbocycles. The number of nitrogens with two attached hydrogens (primary N) is 1. The van der Waals surface area contributed by atoms with Crippen LogP contribution in [0.3, 0.4) is 0 Å². The van der Waals surface area contributed by atoms with E-state index in [9.17, 15) is 9.59 Å². The molecule has 32 heavy (non-hydrogen) atoms. The number of methoxy groups -OCH3 is 3. The third kappa shape index (κ3) is 5.08.